The number of aryl methyl sites for hydroxylation is 1. The molecule has 2 rings (SSSR count). The van der Waals surface area contributed by atoms with E-state index in [0.717, 1.165) is 25.1 Å². The molecule has 0 spiro atoms. The lowest BCUT2D eigenvalue weighted by Gasteiger charge is -2.25. The predicted octanol–water partition coefficient (Wildman–Crippen LogP) is 2.50. The molecule has 0 radical (unpaired) electrons. The maximum atomic E-state index is 12.4. The summed E-state index contributed by atoms with van der Waals surface area (Å²) in [5.74, 6) is 1.28. The molecule has 1 aromatic heterocycles. The van der Waals surface area contributed by atoms with Crippen molar-refractivity contribution in [1.29, 1.82) is 0 Å². The third-order valence-corrected chi connectivity index (χ3v) is 4.07. The number of carbonyl (C=O) groups excluding carboxylic acids is 1. The minimum absolute atomic E-state index is 0.0358. The van der Waals surface area contributed by atoms with E-state index in [1.54, 1.807) is 6.20 Å². The van der Waals surface area contributed by atoms with Crippen LogP contribution in [0.2, 0.25) is 0 Å². The van der Waals surface area contributed by atoms with Crippen molar-refractivity contribution in [3.8, 4) is 0 Å². The Morgan fingerprint density at radius 2 is 2.19 bits per heavy atom. The lowest BCUT2D eigenvalue weighted by Crippen LogP contribution is -2.29. The Bertz CT molecular complexity index is 375. The van der Waals surface area contributed by atoms with Crippen LogP contribution in [0.3, 0.4) is 0 Å². The van der Waals surface area contributed by atoms with E-state index >= 15 is 0 Å². The third kappa shape index (κ3) is 1.91. The molecule has 1 fully saturated rings. The van der Waals surface area contributed by atoms with Crippen LogP contribution in [-0.4, -0.2) is 15.3 Å². The van der Waals surface area contributed by atoms with Crippen LogP contribution in [0.15, 0.2) is 12.4 Å². The number of Topliss-reactive ketones (excluding diaryl/α,β-unsaturated/α-hetero) is 1. The molecule has 3 heteroatoms. The van der Waals surface area contributed by atoms with Gasteiger partial charge in [0.05, 0.1) is 6.42 Å². The molecule has 1 saturated carbocycles. The summed E-state index contributed by atoms with van der Waals surface area (Å²) in [4.78, 5) is 16.6. The zero-order valence-corrected chi connectivity index (χ0v) is 10.2. The molecule has 0 amide bonds. The Kier molecular flexibility index (Phi) is 3.13. The van der Waals surface area contributed by atoms with Crippen LogP contribution in [0.25, 0.3) is 0 Å². The highest BCUT2D eigenvalue weighted by molar-refractivity contribution is 5.86. The minimum atomic E-state index is -0.0358. The highest BCUT2D eigenvalue weighted by Crippen LogP contribution is 2.42. The molecule has 1 aliphatic rings. The number of rotatable bonds is 4. The van der Waals surface area contributed by atoms with Crippen LogP contribution < -0.4 is 0 Å². The molecule has 1 heterocycles. The van der Waals surface area contributed by atoms with Crippen molar-refractivity contribution in [3.63, 3.8) is 0 Å². The lowest BCUT2D eigenvalue weighted by molar-refractivity contribution is -0.128. The van der Waals surface area contributed by atoms with Crippen LogP contribution in [0.1, 0.15) is 44.9 Å². The Labute approximate surface area is 96.9 Å². The summed E-state index contributed by atoms with van der Waals surface area (Å²) in [6.07, 6.45) is 9.71. The molecule has 88 valence electrons. The van der Waals surface area contributed by atoms with E-state index in [-0.39, 0.29) is 5.41 Å². The number of aromatic nitrogens is 2. The molecule has 16 heavy (non-hydrogen) atoms. The average Bonchev–Trinajstić information content (AvgIpc) is 2.89. The molecule has 3 nitrogen and oxygen atoms in total. The van der Waals surface area contributed by atoms with Gasteiger partial charge < -0.3 is 4.57 Å². The fourth-order valence-corrected chi connectivity index (χ4v) is 2.78. The van der Waals surface area contributed by atoms with Gasteiger partial charge >= 0.3 is 0 Å². The fraction of sp³-hybridized carbons (Fsp3) is 0.692. The van der Waals surface area contributed by atoms with Crippen LogP contribution in [0, 0.1) is 5.41 Å². The van der Waals surface area contributed by atoms with Gasteiger partial charge in [-0.2, -0.15) is 0 Å². The van der Waals surface area contributed by atoms with Crippen molar-refractivity contribution in [2.45, 2.75) is 45.4 Å². The maximum Gasteiger partial charge on any atom is 0.146 e. The molecular formula is C13H20N2O. The molecule has 0 bridgehead atoms. The summed E-state index contributed by atoms with van der Waals surface area (Å²) >= 11 is 0. The zero-order valence-electron chi connectivity index (χ0n) is 10.2. The second-order valence-corrected chi connectivity index (χ2v) is 4.90. The van der Waals surface area contributed by atoms with Crippen molar-refractivity contribution in [2.75, 3.05) is 0 Å². The van der Waals surface area contributed by atoms with E-state index in [1.165, 1.54) is 12.8 Å². The van der Waals surface area contributed by atoms with Gasteiger partial charge in [-0.05, 0) is 19.3 Å². The van der Waals surface area contributed by atoms with Gasteiger partial charge in [0.2, 0.25) is 0 Å². The van der Waals surface area contributed by atoms with Crippen LogP contribution in [-0.2, 0) is 18.3 Å². The monoisotopic (exact) mass is 220 g/mol. The van der Waals surface area contributed by atoms with E-state index in [1.807, 2.05) is 17.8 Å². The minimum Gasteiger partial charge on any atom is -0.338 e. The number of carbonyl (C=O) groups is 1. The van der Waals surface area contributed by atoms with Gasteiger partial charge in [0, 0.05) is 24.9 Å². The Hall–Kier alpha value is -1.12. The predicted molar refractivity (Wildman–Crippen MR) is 63.1 cm³/mol. The molecular weight excluding hydrogens is 200 g/mol. The highest BCUT2D eigenvalue weighted by atomic mass is 16.1. The molecule has 0 atom stereocenters. The van der Waals surface area contributed by atoms with Crippen molar-refractivity contribution in [1.82, 2.24) is 9.55 Å². The van der Waals surface area contributed by atoms with Crippen LogP contribution >= 0.6 is 0 Å². The number of nitrogens with zero attached hydrogens (tertiary/aromatic N) is 2. The first-order valence-electron chi connectivity index (χ1n) is 6.17. The first-order chi connectivity index (χ1) is 7.68. The maximum absolute atomic E-state index is 12.4. The van der Waals surface area contributed by atoms with Gasteiger partial charge in [-0.25, -0.2) is 4.98 Å². The topological polar surface area (TPSA) is 34.9 Å². The van der Waals surface area contributed by atoms with Gasteiger partial charge in [-0.1, -0.05) is 19.8 Å². The van der Waals surface area contributed by atoms with Crippen molar-refractivity contribution < 1.29 is 4.79 Å². The normalized spacial score (nSPS) is 18.9. The average molecular weight is 220 g/mol. The quantitative estimate of drug-likeness (QED) is 0.781. The van der Waals surface area contributed by atoms with Crippen LogP contribution in [0.5, 0.6) is 0 Å². The molecule has 0 aliphatic heterocycles. The summed E-state index contributed by atoms with van der Waals surface area (Å²) in [5.41, 5.74) is -0.0358. The van der Waals surface area contributed by atoms with E-state index < -0.39 is 0 Å². The van der Waals surface area contributed by atoms with Crippen molar-refractivity contribution in [2.24, 2.45) is 12.5 Å². The molecule has 1 aliphatic carbocycles. The van der Waals surface area contributed by atoms with E-state index in [0.29, 0.717) is 12.2 Å². The molecule has 1 aromatic rings. The van der Waals surface area contributed by atoms with Gasteiger partial charge in [0.25, 0.3) is 0 Å². The van der Waals surface area contributed by atoms with Gasteiger partial charge in [-0.15, -0.1) is 0 Å². The van der Waals surface area contributed by atoms with E-state index in [2.05, 4.69) is 11.9 Å². The Morgan fingerprint density at radius 1 is 1.50 bits per heavy atom. The summed E-state index contributed by atoms with van der Waals surface area (Å²) in [5, 5.41) is 0. The Balaban J connectivity index is 2.10. The first kappa shape index (κ1) is 11.4. The molecule has 0 saturated heterocycles. The van der Waals surface area contributed by atoms with Crippen LogP contribution in [0.4, 0.5) is 0 Å². The van der Waals surface area contributed by atoms with Gasteiger partial charge in [-0.3, -0.25) is 4.79 Å². The standard InChI is InChI=1S/C13H20N2O/c1-3-13(6-4-5-7-13)11(16)10-12-14-8-9-15(12)2/h8-9H,3-7,10H2,1-2H3. The largest absolute Gasteiger partial charge is 0.338 e. The van der Waals surface area contributed by atoms with E-state index in [9.17, 15) is 4.79 Å². The van der Waals surface area contributed by atoms with Crippen molar-refractivity contribution in [3.05, 3.63) is 18.2 Å². The molecule has 0 N–H and O–H groups in total. The number of hydrogen-bond acceptors (Lipinski definition) is 2. The summed E-state index contributed by atoms with van der Waals surface area (Å²) < 4.78 is 1.94. The summed E-state index contributed by atoms with van der Waals surface area (Å²) in [6.45, 7) is 2.14. The molecule has 0 unspecified atom stereocenters. The summed E-state index contributed by atoms with van der Waals surface area (Å²) in [6, 6.07) is 0. The summed E-state index contributed by atoms with van der Waals surface area (Å²) in [7, 11) is 1.95. The Morgan fingerprint density at radius 3 is 2.69 bits per heavy atom. The zero-order chi connectivity index (χ0) is 11.6. The van der Waals surface area contributed by atoms with Gasteiger partial charge in [0.1, 0.15) is 11.6 Å². The second kappa shape index (κ2) is 4.40. The molecule has 0 aromatic carbocycles. The number of imidazole rings is 1. The lowest BCUT2D eigenvalue weighted by atomic mass is 9.78. The highest BCUT2D eigenvalue weighted by Gasteiger charge is 2.38. The van der Waals surface area contributed by atoms with Crippen molar-refractivity contribution >= 4 is 5.78 Å². The third-order valence-electron chi connectivity index (χ3n) is 4.07. The number of ketones is 1. The van der Waals surface area contributed by atoms with Gasteiger partial charge in [0.15, 0.2) is 0 Å². The SMILES string of the molecule is CCC1(C(=O)Cc2nccn2C)CCCC1. The number of hydrogen-bond donors (Lipinski definition) is 0. The first-order valence-corrected chi connectivity index (χ1v) is 6.17. The smallest absolute Gasteiger partial charge is 0.146 e. The fourth-order valence-electron chi connectivity index (χ4n) is 2.78. The second-order valence-electron chi connectivity index (χ2n) is 4.90. The van der Waals surface area contributed by atoms with E-state index in [4.69, 9.17) is 0 Å².